The summed E-state index contributed by atoms with van der Waals surface area (Å²) in [5, 5.41) is 9.04. The minimum Gasteiger partial charge on any atom is -0.322 e. The van der Waals surface area contributed by atoms with Gasteiger partial charge >= 0.3 is 6.03 Å². The first-order valence-electron chi connectivity index (χ1n) is 8.60. The number of benzene rings is 1. The summed E-state index contributed by atoms with van der Waals surface area (Å²) in [6, 6.07) is 4.38. The van der Waals surface area contributed by atoms with Crippen molar-refractivity contribution in [2.75, 3.05) is 33.2 Å². The standard InChI is InChI=1S/C16H22ClN5O6S/c1-11(14(23)18-26)19-29(27,28)22-9-7-21(8-10-22)16(25)20(2)15(24)12-3-5-13(17)6-4-12/h3-6,11,19,26H,7-10H2,1-2H3,(H,18,23). The molecule has 1 saturated heterocycles. The molecule has 0 saturated carbocycles. The molecule has 11 nitrogen and oxygen atoms in total. The molecule has 13 heteroatoms. The second-order valence-corrected chi connectivity index (χ2v) is 8.50. The number of nitrogens with zero attached hydrogens (tertiary/aromatic N) is 3. The Bertz CT molecular complexity index is 870. The number of urea groups is 1. The van der Waals surface area contributed by atoms with E-state index in [1.54, 1.807) is 12.1 Å². The van der Waals surface area contributed by atoms with Gasteiger partial charge in [0.2, 0.25) is 0 Å². The minimum absolute atomic E-state index is 0.0164. The Morgan fingerprint density at radius 2 is 1.69 bits per heavy atom. The molecule has 2 rings (SSSR count). The van der Waals surface area contributed by atoms with E-state index in [9.17, 15) is 22.8 Å². The molecule has 0 aliphatic carbocycles. The first-order valence-corrected chi connectivity index (χ1v) is 10.4. The molecule has 3 N–H and O–H groups in total. The van der Waals surface area contributed by atoms with Crippen LogP contribution in [0.15, 0.2) is 24.3 Å². The lowest BCUT2D eigenvalue weighted by Gasteiger charge is -2.35. The van der Waals surface area contributed by atoms with Gasteiger partial charge in [0.15, 0.2) is 0 Å². The highest BCUT2D eigenvalue weighted by molar-refractivity contribution is 7.87. The van der Waals surface area contributed by atoms with Gasteiger partial charge < -0.3 is 4.90 Å². The summed E-state index contributed by atoms with van der Waals surface area (Å²) < 4.78 is 27.9. The largest absolute Gasteiger partial charge is 0.326 e. The maximum absolute atomic E-state index is 12.6. The summed E-state index contributed by atoms with van der Waals surface area (Å²) in [6.07, 6.45) is 0. The number of amides is 4. The Morgan fingerprint density at radius 1 is 1.14 bits per heavy atom. The van der Waals surface area contributed by atoms with Crippen LogP contribution in [0.4, 0.5) is 4.79 Å². The molecular formula is C16H22ClN5O6S. The highest BCUT2D eigenvalue weighted by Crippen LogP contribution is 2.13. The number of carbonyl (C=O) groups is 3. The van der Waals surface area contributed by atoms with Crippen molar-refractivity contribution in [2.45, 2.75) is 13.0 Å². The fourth-order valence-electron chi connectivity index (χ4n) is 2.65. The number of imide groups is 1. The van der Waals surface area contributed by atoms with E-state index in [2.05, 4.69) is 4.72 Å². The van der Waals surface area contributed by atoms with E-state index in [1.807, 2.05) is 0 Å². The summed E-state index contributed by atoms with van der Waals surface area (Å²) in [4.78, 5) is 38.6. The molecule has 1 fully saturated rings. The maximum Gasteiger partial charge on any atom is 0.326 e. The van der Waals surface area contributed by atoms with Crippen molar-refractivity contribution < 1.29 is 28.0 Å². The molecule has 1 unspecified atom stereocenters. The summed E-state index contributed by atoms with van der Waals surface area (Å²) in [5.41, 5.74) is 1.67. The van der Waals surface area contributed by atoms with Crippen molar-refractivity contribution in [2.24, 2.45) is 0 Å². The summed E-state index contributed by atoms with van der Waals surface area (Å²) in [5.74, 6) is -1.41. The Balaban J connectivity index is 1.95. The molecule has 1 aliphatic rings. The molecule has 1 aromatic rings. The van der Waals surface area contributed by atoms with Crippen LogP contribution < -0.4 is 10.2 Å². The highest BCUT2D eigenvalue weighted by Gasteiger charge is 2.33. The molecule has 29 heavy (non-hydrogen) atoms. The molecule has 1 atom stereocenters. The van der Waals surface area contributed by atoms with Crippen LogP contribution in [0, 0.1) is 0 Å². The van der Waals surface area contributed by atoms with Crippen molar-refractivity contribution >= 4 is 39.7 Å². The van der Waals surface area contributed by atoms with Crippen LogP contribution in [0.5, 0.6) is 0 Å². The molecule has 160 valence electrons. The molecule has 0 aromatic heterocycles. The van der Waals surface area contributed by atoms with Crippen LogP contribution in [0.25, 0.3) is 0 Å². The van der Waals surface area contributed by atoms with Gasteiger partial charge in [-0.05, 0) is 31.2 Å². The van der Waals surface area contributed by atoms with Crippen LogP contribution in [0.2, 0.25) is 5.02 Å². The predicted molar refractivity (Wildman–Crippen MR) is 104 cm³/mol. The number of hydroxylamine groups is 1. The highest BCUT2D eigenvalue weighted by atomic mass is 35.5. The normalized spacial score (nSPS) is 16.2. The molecule has 0 spiro atoms. The quantitative estimate of drug-likeness (QED) is 0.424. The average Bonchev–Trinajstić information content (AvgIpc) is 2.71. The SMILES string of the molecule is CC(NS(=O)(=O)N1CCN(C(=O)N(C)C(=O)c2ccc(Cl)cc2)CC1)C(=O)NO. The summed E-state index contributed by atoms with van der Waals surface area (Å²) in [6.45, 7) is 1.38. The Morgan fingerprint density at radius 3 is 2.21 bits per heavy atom. The summed E-state index contributed by atoms with van der Waals surface area (Å²) in [7, 11) is -2.64. The van der Waals surface area contributed by atoms with Crippen LogP contribution in [0.1, 0.15) is 17.3 Å². The van der Waals surface area contributed by atoms with Gasteiger partial charge in [-0.15, -0.1) is 0 Å². The van der Waals surface area contributed by atoms with Crippen LogP contribution >= 0.6 is 11.6 Å². The number of halogens is 1. The van der Waals surface area contributed by atoms with Gasteiger partial charge in [-0.25, -0.2) is 10.3 Å². The van der Waals surface area contributed by atoms with E-state index >= 15 is 0 Å². The van der Waals surface area contributed by atoms with E-state index in [-0.39, 0.29) is 26.2 Å². The third-order valence-corrected chi connectivity index (χ3v) is 6.31. The smallest absolute Gasteiger partial charge is 0.322 e. The van der Waals surface area contributed by atoms with Gasteiger partial charge in [0, 0.05) is 43.8 Å². The third-order valence-electron chi connectivity index (χ3n) is 4.36. The predicted octanol–water partition coefficient (Wildman–Crippen LogP) is -0.122. The third kappa shape index (κ3) is 5.64. The van der Waals surface area contributed by atoms with Gasteiger partial charge in [0.25, 0.3) is 22.0 Å². The molecular weight excluding hydrogens is 426 g/mol. The fraction of sp³-hybridized carbons (Fsp3) is 0.438. The van der Waals surface area contributed by atoms with Gasteiger partial charge in [-0.3, -0.25) is 19.7 Å². The van der Waals surface area contributed by atoms with Crippen molar-refractivity contribution in [3.05, 3.63) is 34.9 Å². The van der Waals surface area contributed by atoms with Crippen LogP contribution in [0.3, 0.4) is 0 Å². The van der Waals surface area contributed by atoms with Gasteiger partial charge in [0.1, 0.15) is 6.04 Å². The van der Waals surface area contributed by atoms with Crippen molar-refractivity contribution in [1.82, 2.24) is 24.3 Å². The maximum atomic E-state index is 12.6. The van der Waals surface area contributed by atoms with E-state index in [1.165, 1.54) is 36.5 Å². The number of rotatable bonds is 5. The van der Waals surface area contributed by atoms with Crippen LogP contribution in [-0.4, -0.2) is 84.8 Å². The Kier molecular flexibility index (Phi) is 7.54. The Labute approximate surface area is 173 Å². The number of carbonyl (C=O) groups excluding carboxylic acids is 3. The Hall–Kier alpha value is -2.25. The molecule has 1 heterocycles. The van der Waals surface area contributed by atoms with Gasteiger partial charge in [-0.1, -0.05) is 11.6 Å². The second kappa shape index (κ2) is 9.50. The zero-order valence-electron chi connectivity index (χ0n) is 15.8. The second-order valence-electron chi connectivity index (χ2n) is 6.36. The summed E-state index contributed by atoms with van der Waals surface area (Å²) >= 11 is 5.79. The molecule has 0 bridgehead atoms. The first kappa shape index (κ1) is 23.0. The topological polar surface area (TPSA) is 139 Å². The van der Waals surface area contributed by atoms with Gasteiger partial charge in [0.05, 0.1) is 0 Å². The first-order chi connectivity index (χ1) is 13.6. The van der Waals surface area contributed by atoms with Crippen molar-refractivity contribution in [3.63, 3.8) is 0 Å². The number of hydrogen-bond donors (Lipinski definition) is 3. The van der Waals surface area contributed by atoms with E-state index in [4.69, 9.17) is 16.8 Å². The molecule has 4 amide bonds. The van der Waals surface area contributed by atoms with E-state index in [0.29, 0.717) is 10.6 Å². The number of nitrogens with one attached hydrogen (secondary N) is 2. The lowest BCUT2D eigenvalue weighted by molar-refractivity contribution is -0.130. The zero-order valence-corrected chi connectivity index (χ0v) is 17.4. The monoisotopic (exact) mass is 447 g/mol. The zero-order chi connectivity index (χ0) is 21.8. The molecule has 1 aromatic carbocycles. The lowest BCUT2D eigenvalue weighted by atomic mass is 10.2. The lowest BCUT2D eigenvalue weighted by Crippen LogP contribution is -2.57. The van der Waals surface area contributed by atoms with Crippen LogP contribution in [-0.2, 0) is 15.0 Å². The fourth-order valence-corrected chi connectivity index (χ4v) is 4.13. The number of piperazine rings is 1. The van der Waals surface area contributed by atoms with Crippen molar-refractivity contribution in [1.29, 1.82) is 0 Å². The van der Waals surface area contributed by atoms with E-state index < -0.39 is 34.1 Å². The minimum atomic E-state index is -3.99. The van der Waals surface area contributed by atoms with E-state index in [0.717, 1.165) is 9.21 Å². The molecule has 1 aliphatic heterocycles. The van der Waals surface area contributed by atoms with Crippen molar-refractivity contribution in [3.8, 4) is 0 Å². The average molecular weight is 448 g/mol. The molecule has 0 radical (unpaired) electrons. The number of hydrogen-bond acceptors (Lipinski definition) is 6. The van der Waals surface area contributed by atoms with Gasteiger partial charge in [-0.2, -0.15) is 17.4 Å².